The van der Waals surface area contributed by atoms with Crippen LogP contribution in [0.25, 0.3) is 0 Å². The fraction of sp³-hybridized carbons (Fsp3) is 0.923. The molecule has 0 bridgehead atoms. The SMILES string of the molecule is CCOCCN(C)C(=O)C1CCCC(N)C1C. The van der Waals surface area contributed by atoms with Crippen molar-refractivity contribution in [3.63, 3.8) is 0 Å². The van der Waals surface area contributed by atoms with Gasteiger partial charge >= 0.3 is 0 Å². The van der Waals surface area contributed by atoms with Gasteiger partial charge in [0.2, 0.25) is 5.91 Å². The van der Waals surface area contributed by atoms with Gasteiger partial charge in [0, 0.05) is 32.2 Å². The smallest absolute Gasteiger partial charge is 0.225 e. The summed E-state index contributed by atoms with van der Waals surface area (Å²) < 4.78 is 5.27. The lowest BCUT2D eigenvalue weighted by atomic mass is 9.76. The summed E-state index contributed by atoms with van der Waals surface area (Å²) >= 11 is 0. The third-order valence-electron chi connectivity index (χ3n) is 3.83. The molecule has 0 aromatic heterocycles. The molecule has 1 rings (SSSR count). The van der Waals surface area contributed by atoms with Crippen LogP contribution in [-0.2, 0) is 9.53 Å². The second-order valence-corrected chi connectivity index (χ2v) is 5.02. The Balaban J connectivity index is 2.44. The Labute approximate surface area is 104 Å². The third-order valence-corrected chi connectivity index (χ3v) is 3.83. The summed E-state index contributed by atoms with van der Waals surface area (Å²) in [6.07, 6.45) is 3.10. The first-order chi connectivity index (χ1) is 8.07. The van der Waals surface area contributed by atoms with Crippen molar-refractivity contribution >= 4 is 5.91 Å². The molecule has 1 aliphatic rings. The Morgan fingerprint density at radius 1 is 1.47 bits per heavy atom. The van der Waals surface area contributed by atoms with Gasteiger partial charge in [-0.15, -0.1) is 0 Å². The zero-order valence-electron chi connectivity index (χ0n) is 11.3. The maximum atomic E-state index is 12.3. The molecule has 4 heteroatoms. The maximum absolute atomic E-state index is 12.3. The summed E-state index contributed by atoms with van der Waals surface area (Å²) in [5.74, 6) is 0.628. The number of nitrogens with zero attached hydrogens (tertiary/aromatic N) is 1. The first-order valence-electron chi connectivity index (χ1n) is 6.66. The predicted molar refractivity (Wildman–Crippen MR) is 68.6 cm³/mol. The van der Waals surface area contributed by atoms with E-state index in [0.29, 0.717) is 25.7 Å². The van der Waals surface area contributed by atoms with E-state index in [4.69, 9.17) is 10.5 Å². The maximum Gasteiger partial charge on any atom is 0.225 e. The number of rotatable bonds is 5. The molecule has 100 valence electrons. The third kappa shape index (κ3) is 3.96. The van der Waals surface area contributed by atoms with E-state index in [2.05, 4.69) is 6.92 Å². The topological polar surface area (TPSA) is 55.6 Å². The standard InChI is InChI=1S/C13H26N2O2/c1-4-17-9-8-15(3)13(16)11-6-5-7-12(14)10(11)2/h10-12H,4-9,14H2,1-3H3. The van der Waals surface area contributed by atoms with Crippen molar-refractivity contribution in [1.82, 2.24) is 4.90 Å². The van der Waals surface area contributed by atoms with Crippen LogP contribution in [0.2, 0.25) is 0 Å². The van der Waals surface area contributed by atoms with E-state index in [0.717, 1.165) is 19.3 Å². The number of ether oxygens (including phenoxy) is 1. The van der Waals surface area contributed by atoms with Crippen molar-refractivity contribution in [3.05, 3.63) is 0 Å². The molecular weight excluding hydrogens is 216 g/mol. The zero-order chi connectivity index (χ0) is 12.8. The van der Waals surface area contributed by atoms with Gasteiger partial charge in [0.05, 0.1) is 6.61 Å². The van der Waals surface area contributed by atoms with Crippen molar-refractivity contribution < 1.29 is 9.53 Å². The lowest BCUT2D eigenvalue weighted by Gasteiger charge is -2.35. The predicted octanol–water partition coefficient (Wildman–Crippen LogP) is 1.24. The molecule has 0 spiro atoms. The van der Waals surface area contributed by atoms with Gasteiger partial charge in [0.15, 0.2) is 0 Å². The summed E-state index contributed by atoms with van der Waals surface area (Å²) in [6, 6.07) is 0.179. The molecule has 2 N–H and O–H groups in total. The number of carbonyl (C=O) groups excluding carboxylic acids is 1. The minimum atomic E-state index is 0.102. The fourth-order valence-corrected chi connectivity index (χ4v) is 2.49. The Bertz CT molecular complexity index is 246. The summed E-state index contributed by atoms with van der Waals surface area (Å²) in [6.45, 7) is 6.05. The van der Waals surface area contributed by atoms with Crippen LogP contribution >= 0.6 is 0 Å². The Morgan fingerprint density at radius 2 is 2.18 bits per heavy atom. The van der Waals surface area contributed by atoms with Crippen molar-refractivity contribution in [3.8, 4) is 0 Å². The van der Waals surface area contributed by atoms with E-state index in [9.17, 15) is 4.79 Å². The van der Waals surface area contributed by atoms with Crippen LogP contribution < -0.4 is 5.73 Å². The van der Waals surface area contributed by atoms with Gasteiger partial charge in [-0.2, -0.15) is 0 Å². The summed E-state index contributed by atoms with van der Waals surface area (Å²) in [4.78, 5) is 14.0. The van der Waals surface area contributed by atoms with Crippen LogP contribution in [0.4, 0.5) is 0 Å². The molecule has 0 aromatic rings. The van der Waals surface area contributed by atoms with Crippen molar-refractivity contribution in [2.75, 3.05) is 26.8 Å². The van der Waals surface area contributed by atoms with Gasteiger partial charge in [-0.1, -0.05) is 13.3 Å². The largest absolute Gasteiger partial charge is 0.380 e. The van der Waals surface area contributed by atoms with Crippen molar-refractivity contribution in [1.29, 1.82) is 0 Å². The Morgan fingerprint density at radius 3 is 2.82 bits per heavy atom. The van der Waals surface area contributed by atoms with Crippen LogP contribution in [-0.4, -0.2) is 43.7 Å². The first kappa shape index (κ1) is 14.5. The number of carbonyl (C=O) groups is 1. The van der Waals surface area contributed by atoms with Crippen molar-refractivity contribution in [2.24, 2.45) is 17.6 Å². The average molecular weight is 242 g/mol. The quantitative estimate of drug-likeness (QED) is 0.738. The molecule has 1 saturated carbocycles. The van der Waals surface area contributed by atoms with Gasteiger partial charge in [-0.25, -0.2) is 0 Å². The van der Waals surface area contributed by atoms with Gasteiger partial charge in [-0.3, -0.25) is 4.79 Å². The van der Waals surface area contributed by atoms with Gasteiger partial charge < -0.3 is 15.4 Å². The van der Waals surface area contributed by atoms with Gasteiger partial charge in [0.1, 0.15) is 0 Å². The molecule has 17 heavy (non-hydrogen) atoms. The molecule has 0 heterocycles. The minimum Gasteiger partial charge on any atom is -0.380 e. The molecule has 1 aliphatic carbocycles. The number of amides is 1. The molecule has 4 nitrogen and oxygen atoms in total. The van der Waals surface area contributed by atoms with E-state index < -0.39 is 0 Å². The lowest BCUT2D eigenvalue weighted by Crippen LogP contribution is -2.45. The summed E-state index contributed by atoms with van der Waals surface area (Å²) in [5.41, 5.74) is 6.03. The highest BCUT2D eigenvalue weighted by Gasteiger charge is 2.33. The highest BCUT2D eigenvalue weighted by molar-refractivity contribution is 5.79. The van der Waals surface area contributed by atoms with Crippen LogP contribution in [0.3, 0.4) is 0 Å². The molecule has 3 unspecified atom stereocenters. The number of hydrogen-bond donors (Lipinski definition) is 1. The number of likely N-dealkylation sites (N-methyl/N-ethyl adjacent to an activating group) is 1. The molecular formula is C13H26N2O2. The zero-order valence-corrected chi connectivity index (χ0v) is 11.3. The van der Waals surface area contributed by atoms with Crippen LogP contribution in [0.15, 0.2) is 0 Å². The first-order valence-corrected chi connectivity index (χ1v) is 6.66. The molecule has 1 fully saturated rings. The fourth-order valence-electron chi connectivity index (χ4n) is 2.49. The minimum absolute atomic E-state index is 0.102. The van der Waals surface area contributed by atoms with E-state index in [1.165, 1.54) is 0 Å². The second-order valence-electron chi connectivity index (χ2n) is 5.02. The highest BCUT2D eigenvalue weighted by Crippen LogP contribution is 2.30. The lowest BCUT2D eigenvalue weighted by molar-refractivity contribution is -0.137. The molecule has 1 amide bonds. The highest BCUT2D eigenvalue weighted by atomic mass is 16.5. The number of nitrogens with two attached hydrogens (primary N) is 1. The van der Waals surface area contributed by atoms with E-state index in [-0.39, 0.29) is 17.9 Å². The molecule has 0 aromatic carbocycles. The van der Waals surface area contributed by atoms with E-state index in [1.807, 2.05) is 14.0 Å². The monoisotopic (exact) mass is 242 g/mol. The summed E-state index contributed by atoms with van der Waals surface area (Å²) in [7, 11) is 1.86. The van der Waals surface area contributed by atoms with E-state index >= 15 is 0 Å². The van der Waals surface area contributed by atoms with Crippen LogP contribution in [0.5, 0.6) is 0 Å². The van der Waals surface area contributed by atoms with Crippen molar-refractivity contribution in [2.45, 2.75) is 39.2 Å². The molecule has 0 radical (unpaired) electrons. The average Bonchev–Trinajstić information content (AvgIpc) is 2.32. The van der Waals surface area contributed by atoms with Gasteiger partial charge in [0.25, 0.3) is 0 Å². The normalized spacial score (nSPS) is 29.1. The number of hydrogen-bond acceptors (Lipinski definition) is 3. The molecule has 0 aliphatic heterocycles. The van der Waals surface area contributed by atoms with E-state index in [1.54, 1.807) is 4.90 Å². The molecule has 0 saturated heterocycles. The molecule has 3 atom stereocenters. The van der Waals surface area contributed by atoms with Gasteiger partial charge in [-0.05, 0) is 25.7 Å². The van der Waals surface area contributed by atoms with Crippen LogP contribution in [0, 0.1) is 11.8 Å². The Hall–Kier alpha value is -0.610. The second kappa shape index (κ2) is 6.97. The Kier molecular flexibility index (Phi) is 5.92. The summed E-state index contributed by atoms with van der Waals surface area (Å²) in [5, 5.41) is 0. The van der Waals surface area contributed by atoms with Crippen LogP contribution in [0.1, 0.15) is 33.1 Å².